The predicted octanol–water partition coefficient (Wildman–Crippen LogP) is 2.14. The van der Waals surface area contributed by atoms with E-state index in [1.54, 1.807) is 0 Å². The van der Waals surface area contributed by atoms with Crippen molar-refractivity contribution in [2.45, 2.75) is 25.4 Å². The van der Waals surface area contributed by atoms with Crippen LogP contribution in [0.25, 0.3) is 0 Å². The van der Waals surface area contributed by atoms with E-state index >= 15 is 0 Å². The zero-order chi connectivity index (χ0) is 7.23. The quantitative estimate of drug-likeness (QED) is 0.343. The maximum Gasteiger partial charge on any atom is 0.111 e. The maximum absolute atomic E-state index is 8.33. The first-order chi connectivity index (χ1) is 4.93. The molecule has 1 rings (SSSR count). The van der Waals surface area contributed by atoms with Gasteiger partial charge < -0.3 is 0 Å². The highest BCUT2D eigenvalue weighted by Crippen LogP contribution is 2.07. The smallest absolute Gasteiger partial charge is 0.111 e. The van der Waals surface area contributed by atoms with E-state index in [9.17, 15) is 0 Å². The molecule has 2 nitrogen and oxygen atoms in total. The molecule has 0 spiro atoms. The van der Waals surface area contributed by atoms with Gasteiger partial charge in [0.1, 0.15) is 6.10 Å². The normalized spacial score (nSPS) is 32.3. The zero-order valence-corrected chi connectivity index (χ0v) is 5.86. The Labute approximate surface area is 60.7 Å². The highest BCUT2D eigenvalue weighted by molar-refractivity contribution is 4.99. The molecular weight excluding hydrogens is 128 g/mol. The number of hydrogen-bond donors (Lipinski definition) is 1. The van der Waals surface area contributed by atoms with Gasteiger partial charge in [0.15, 0.2) is 0 Å². The molecule has 0 heterocycles. The van der Waals surface area contributed by atoms with Crippen molar-refractivity contribution in [1.29, 1.82) is 0 Å². The van der Waals surface area contributed by atoms with Crippen LogP contribution in [-0.4, -0.2) is 11.4 Å². The first-order valence-corrected chi connectivity index (χ1v) is 3.55. The van der Waals surface area contributed by atoms with E-state index in [1.807, 2.05) is 12.2 Å². The van der Waals surface area contributed by atoms with Crippen molar-refractivity contribution in [3.05, 3.63) is 24.3 Å². The van der Waals surface area contributed by atoms with E-state index in [0.717, 1.165) is 19.3 Å². The molecule has 1 aliphatic rings. The van der Waals surface area contributed by atoms with Crippen molar-refractivity contribution in [2.75, 3.05) is 0 Å². The van der Waals surface area contributed by atoms with Crippen molar-refractivity contribution in [2.24, 2.45) is 0 Å². The summed E-state index contributed by atoms with van der Waals surface area (Å²) in [4.78, 5) is 4.21. The number of allylic oxidation sites excluding steroid dienone is 3. The van der Waals surface area contributed by atoms with Crippen LogP contribution in [0.15, 0.2) is 24.3 Å². The molecule has 0 radical (unpaired) electrons. The summed E-state index contributed by atoms with van der Waals surface area (Å²) in [7, 11) is 0. The van der Waals surface area contributed by atoms with Gasteiger partial charge >= 0.3 is 0 Å². The monoisotopic (exact) mass is 140 g/mol. The average Bonchev–Trinajstić information content (AvgIpc) is 1.87. The van der Waals surface area contributed by atoms with E-state index in [4.69, 9.17) is 5.26 Å². The van der Waals surface area contributed by atoms with Crippen molar-refractivity contribution in [3.8, 4) is 0 Å². The Morgan fingerprint density at radius 1 is 1.30 bits per heavy atom. The van der Waals surface area contributed by atoms with Gasteiger partial charge in [-0.15, -0.1) is 0 Å². The molecule has 0 aromatic heterocycles. The molecule has 1 aliphatic carbocycles. The van der Waals surface area contributed by atoms with Crippen LogP contribution in [0.4, 0.5) is 0 Å². The molecule has 0 aromatic rings. The van der Waals surface area contributed by atoms with E-state index < -0.39 is 0 Å². The Morgan fingerprint density at radius 3 is 3.00 bits per heavy atom. The fraction of sp³-hybridized carbons (Fsp3) is 0.500. The summed E-state index contributed by atoms with van der Waals surface area (Å²) < 4.78 is 0. The second-order valence-corrected chi connectivity index (χ2v) is 2.36. The minimum atomic E-state index is -0.107. The number of hydrogen-bond acceptors (Lipinski definition) is 2. The van der Waals surface area contributed by atoms with Gasteiger partial charge in [-0.2, -0.15) is 0 Å². The van der Waals surface area contributed by atoms with Crippen LogP contribution < -0.4 is 0 Å². The van der Waals surface area contributed by atoms with Gasteiger partial charge in [-0.05, 0) is 19.3 Å². The Bertz CT molecular complexity index is 138. The third kappa shape index (κ3) is 2.33. The van der Waals surface area contributed by atoms with Crippen LogP contribution in [0.2, 0.25) is 0 Å². The van der Waals surface area contributed by atoms with Gasteiger partial charge in [0, 0.05) is 0 Å². The van der Waals surface area contributed by atoms with E-state index in [0.29, 0.717) is 0 Å². The van der Waals surface area contributed by atoms with Crippen LogP contribution in [0.1, 0.15) is 19.3 Å². The van der Waals surface area contributed by atoms with E-state index in [1.165, 1.54) is 0 Å². The summed E-state index contributed by atoms with van der Waals surface area (Å²) in [5.74, 6) is 0. The third-order valence-corrected chi connectivity index (χ3v) is 1.54. The highest BCUT2D eigenvalue weighted by atomic mass is 17.1. The second-order valence-electron chi connectivity index (χ2n) is 2.36. The largest absolute Gasteiger partial charge is 0.251 e. The van der Waals surface area contributed by atoms with Gasteiger partial charge in [0.25, 0.3) is 0 Å². The van der Waals surface area contributed by atoms with Crippen LogP contribution in [0, 0.1) is 0 Å². The molecule has 56 valence electrons. The average molecular weight is 140 g/mol. The molecule has 0 amide bonds. The minimum Gasteiger partial charge on any atom is -0.251 e. The molecule has 0 aromatic carbocycles. The fourth-order valence-electron chi connectivity index (χ4n) is 0.968. The fourth-order valence-corrected chi connectivity index (χ4v) is 0.968. The summed E-state index contributed by atoms with van der Waals surface area (Å²) in [5, 5.41) is 8.33. The maximum atomic E-state index is 8.33. The Hall–Kier alpha value is -0.600. The van der Waals surface area contributed by atoms with Crippen LogP contribution >= 0.6 is 0 Å². The molecule has 0 saturated carbocycles. The number of rotatable bonds is 1. The summed E-state index contributed by atoms with van der Waals surface area (Å²) in [6.45, 7) is 0. The summed E-state index contributed by atoms with van der Waals surface area (Å²) >= 11 is 0. The second kappa shape index (κ2) is 4.25. The predicted molar refractivity (Wildman–Crippen MR) is 39.6 cm³/mol. The first-order valence-electron chi connectivity index (χ1n) is 3.55. The Morgan fingerprint density at radius 2 is 2.20 bits per heavy atom. The van der Waals surface area contributed by atoms with Crippen molar-refractivity contribution < 1.29 is 10.1 Å². The first kappa shape index (κ1) is 7.51. The highest BCUT2D eigenvalue weighted by Gasteiger charge is 2.02. The lowest BCUT2D eigenvalue weighted by atomic mass is 10.1. The lowest BCUT2D eigenvalue weighted by molar-refractivity contribution is -0.266. The van der Waals surface area contributed by atoms with E-state index in [2.05, 4.69) is 17.0 Å². The molecule has 1 N–H and O–H groups in total. The molecule has 2 heteroatoms. The topological polar surface area (TPSA) is 29.5 Å². The van der Waals surface area contributed by atoms with Crippen molar-refractivity contribution in [1.82, 2.24) is 0 Å². The standard InChI is InChI=1S/C8H12O2/c9-10-8-6-4-2-1-3-5-7-8/h1-2,5,7-9H,3-4,6H2/b2-1-,7-5-. The van der Waals surface area contributed by atoms with Crippen LogP contribution in [0.5, 0.6) is 0 Å². The van der Waals surface area contributed by atoms with Crippen molar-refractivity contribution in [3.63, 3.8) is 0 Å². The Balaban J connectivity index is 2.40. The summed E-state index contributed by atoms with van der Waals surface area (Å²) in [5.41, 5.74) is 0. The molecule has 0 bridgehead atoms. The van der Waals surface area contributed by atoms with Gasteiger partial charge in [-0.3, -0.25) is 5.26 Å². The van der Waals surface area contributed by atoms with E-state index in [-0.39, 0.29) is 6.10 Å². The minimum absolute atomic E-state index is 0.107. The molecule has 10 heavy (non-hydrogen) atoms. The molecule has 1 atom stereocenters. The Kier molecular flexibility index (Phi) is 3.19. The molecule has 0 aliphatic heterocycles. The SMILES string of the molecule is OOC1/C=C\C/C=C\CC1. The summed E-state index contributed by atoms with van der Waals surface area (Å²) in [6.07, 6.45) is 10.8. The molecule has 0 saturated heterocycles. The van der Waals surface area contributed by atoms with Crippen LogP contribution in [-0.2, 0) is 4.89 Å². The van der Waals surface area contributed by atoms with Gasteiger partial charge in [0.2, 0.25) is 0 Å². The third-order valence-electron chi connectivity index (χ3n) is 1.54. The van der Waals surface area contributed by atoms with Crippen molar-refractivity contribution >= 4 is 0 Å². The lowest BCUT2D eigenvalue weighted by Gasteiger charge is -2.07. The zero-order valence-electron chi connectivity index (χ0n) is 5.86. The van der Waals surface area contributed by atoms with Crippen LogP contribution in [0.3, 0.4) is 0 Å². The van der Waals surface area contributed by atoms with Gasteiger partial charge in [-0.25, -0.2) is 4.89 Å². The molecular formula is C8H12O2. The van der Waals surface area contributed by atoms with Gasteiger partial charge in [-0.1, -0.05) is 24.3 Å². The molecule has 1 unspecified atom stereocenters. The molecule has 0 fully saturated rings. The summed E-state index contributed by atoms with van der Waals surface area (Å²) in [6, 6.07) is 0. The van der Waals surface area contributed by atoms with Gasteiger partial charge in [0.05, 0.1) is 0 Å². The lowest BCUT2D eigenvalue weighted by Crippen LogP contribution is -2.06.